The molecule has 5 heteroatoms. The van der Waals surface area contributed by atoms with Crippen molar-refractivity contribution in [3.05, 3.63) is 65.0 Å². The van der Waals surface area contributed by atoms with Crippen molar-refractivity contribution in [1.82, 2.24) is 5.43 Å². The molecule has 2 N–H and O–H groups in total. The summed E-state index contributed by atoms with van der Waals surface area (Å²) >= 11 is 0. The lowest BCUT2D eigenvalue weighted by atomic mass is 9.86. The molecule has 0 saturated carbocycles. The number of carbonyl (C=O) groups excluding carboxylic acids is 1. The standard InChI is InChI=1S/C18H19FN2O2/c1-18(2,3)13-8-9-16(22)12(10-13)11-20-21-17(23)14-6-4-5-7-15(14)19/h4-11,22H,1-3H3,(H,21,23)/b20-11-. The van der Waals surface area contributed by atoms with Crippen molar-refractivity contribution >= 4 is 12.1 Å². The first-order valence-corrected chi connectivity index (χ1v) is 7.20. The van der Waals surface area contributed by atoms with Crippen LogP contribution in [-0.4, -0.2) is 17.2 Å². The fraction of sp³-hybridized carbons (Fsp3) is 0.222. The average molecular weight is 314 g/mol. The highest BCUT2D eigenvalue weighted by molar-refractivity contribution is 5.95. The van der Waals surface area contributed by atoms with Gasteiger partial charge in [-0.05, 0) is 35.2 Å². The van der Waals surface area contributed by atoms with E-state index in [0.29, 0.717) is 5.56 Å². The second kappa shape index (κ2) is 6.60. The van der Waals surface area contributed by atoms with E-state index in [0.717, 1.165) is 5.56 Å². The van der Waals surface area contributed by atoms with Crippen LogP contribution in [0.4, 0.5) is 4.39 Å². The van der Waals surface area contributed by atoms with Crippen LogP contribution in [0.15, 0.2) is 47.6 Å². The van der Waals surface area contributed by atoms with Gasteiger partial charge in [-0.15, -0.1) is 0 Å². The van der Waals surface area contributed by atoms with Gasteiger partial charge in [0.25, 0.3) is 5.91 Å². The van der Waals surface area contributed by atoms with Gasteiger partial charge in [0.05, 0.1) is 11.8 Å². The van der Waals surface area contributed by atoms with Crippen molar-refractivity contribution in [3.63, 3.8) is 0 Å². The number of nitrogens with one attached hydrogen (secondary N) is 1. The number of hydrazone groups is 1. The maximum Gasteiger partial charge on any atom is 0.274 e. The molecule has 2 rings (SSSR count). The van der Waals surface area contributed by atoms with Gasteiger partial charge in [-0.2, -0.15) is 5.10 Å². The van der Waals surface area contributed by atoms with E-state index < -0.39 is 11.7 Å². The Labute approximate surface area is 134 Å². The fourth-order valence-electron chi connectivity index (χ4n) is 1.99. The summed E-state index contributed by atoms with van der Waals surface area (Å²) < 4.78 is 13.5. The molecule has 0 aliphatic carbocycles. The molecule has 0 aromatic heterocycles. The molecule has 0 aliphatic heterocycles. The third-order valence-electron chi connectivity index (χ3n) is 3.38. The number of carbonyl (C=O) groups is 1. The van der Waals surface area contributed by atoms with Crippen LogP contribution >= 0.6 is 0 Å². The number of hydrogen-bond acceptors (Lipinski definition) is 3. The number of nitrogens with zero attached hydrogens (tertiary/aromatic N) is 1. The largest absolute Gasteiger partial charge is 0.507 e. The zero-order valence-electron chi connectivity index (χ0n) is 13.3. The molecule has 0 bridgehead atoms. The Hall–Kier alpha value is -2.69. The SMILES string of the molecule is CC(C)(C)c1ccc(O)c(/C=N\NC(=O)c2ccccc2F)c1. The zero-order chi connectivity index (χ0) is 17.0. The van der Waals surface area contributed by atoms with E-state index in [9.17, 15) is 14.3 Å². The molecule has 2 aromatic rings. The Morgan fingerprint density at radius 1 is 1.22 bits per heavy atom. The molecule has 2 aromatic carbocycles. The van der Waals surface area contributed by atoms with E-state index in [1.807, 2.05) is 6.07 Å². The molecule has 4 nitrogen and oxygen atoms in total. The second-order valence-electron chi connectivity index (χ2n) is 6.20. The Morgan fingerprint density at radius 3 is 2.57 bits per heavy atom. The number of benzene rings is 2. The second-order valence-corrected chi connectivity index (χ2v) is 6.20. The first-order chi connectivity index (χ1) is 10.8. The number of phenolic OH excluding ortho intramolecular Hbond substituents is 1. The van der Waals surface area contributed by atoms with Gasteiger partial charge in [0.2, 0.25) is 0 Å². The molecule has 0 radical (unpaired) electrons. The highest BCUT2D eigenvalue weighted by Gasteiger charge is 2.15. The van der Waals surface area contributed by atoms with Gasteiger partial charge in [-0.3, -0.25) is 4.79 Å². The zero-order valence-corrected chi connectivity index (χ0v) is 13.3. The van der Waals surface area contributed by atoms with Gasteiger partial charge in [0, 0.05) is 5.56 Å². The van der Waals surface area contributed by atoms with Gasteiger partial charge in [-0.1, -0.05) is 39.0 Å². The van der Waals surface area contributed by atoms with Crippen LogP contribution in [0.2, 0.25) is 0 Å². The Kier molecular flexibility index (Phi) is 4.79. The quantitative estimate of drug-likeness (QED) is 0.672. The highest BCUT2D eigenvalue weighted by atomic mass is 19.1. The predicted molar refractivity (Wildman–Crippen MR) is 88.3 cm³/mol. The fourth-order valence-corrected chi connectivity index (χ4v) is 1.99. The van der Waals surface area contributed by atoms with Crippen LogP contribution in [0.1, 0.15) is 42.3 Å². The van der Waals surface area contributed by atoms with E-state index in [4.69, 9.17) is 0 Å². The Balaban J connectivity index is 2.15. The molecule has 1 amide bonds. The minimum absolute atomic E-state index is 0.0573. The van der Waals surface area contributed by atoms with E-state index >= 15 is 0 Å². The maximum absolute atomic E-state index is 13.5. The summed E-state index contributed by atoms with van der Waals surface area (Å²) in [7, 11) is 0. The molecular formula is C18H19FN2O2. The molecule has 23 heavy (non-hydrogen) atoms. The highest BCUT2D eigenvalue weighted by Crippen LogP contribution is 2.26. The summed E-state index contributed by atoms with van der Waals surface area (Å²) in [6, 6.07) is 10.9. The molecule has 0 atom stereocenters. The third kappa shape index (κ3) is 4.16. The van der Waals surface area contributed by atoms with Crippen LogP contribution in [-0.2, 0) is 5.41 Å². The molecule has 0 fully saturated rings. The minimum Gasteiger partial charge on any atom is -0.507 e. The first-order valence-electron chi connectivity index (χ1n) is 7.20. The van der Waals surface area contributed by atoms with Gasteiger partial charge < -0.3 is 5.11 Å². The van der Waals surface area contributed by atoms with Crippen LogP contribution in [0.25, 0.3) is 0 Å². The molecule has 0 heterocycles. The maximum atomic E-state index is 13.5. The van der Waals surface area contributed by atoms with E-state index in [1.165, 1.54) is 24.4 Å². The van der Waals surface area contributed by atoms with Crippen LogP contribution in [0.3, 0.4) is 0 Å². The first kappa shape index (κ1) is 16.7. The lowest BCUT2D eigenvalue weighted by Gasteiger charge is -2.19. The Morgan fingerprint density at radius 2 is 1.91 bits per heavy atom. The van der Waals surface area contributed by atoms with Gasteiger partial charge in [-0.25, -0.2) is 9.82 Å². The summed E-state index contributed by atoms with van der Waals surface area (Å²) in [6.45, 7) is 6.17. The minimum atomic E-state index is -0.647. The molecule has 0 unspecified atom stereocenters. The molecule has 0 saturated heterocycles. The summed E-state index contributed by atoms with van der Waals surface area (Å²) in [5.41, 5.74) is 3.59. The van der Waals surface area contributed by atoms with Crippen molar-refractivity contribution in [2.24, 2.45) is 5.10 Å². The van der Waals surface area contributed by atoms with Crippen LogP contribution < -0.4 is 5.43 Å². The normalized spacial score (nSPS) is 11.7. The van der Waals surface area contributed by atoms with Gasteiger partial charge in [0.15, 0.2) is 0 Å². The third-order valence-corrected chi connectivity index (χ3v) is 3.38. The molecule has 0 aliphatic rings. The number of amides is 1. The number of phenols is 1. The van der Waals surface area contributed by atoms with E-state index in [-0.39, 0.29) is 16.7 Å². The van der Waals surface area contributed by atoms with Gasteiger partial charge in [0.1, 0.15) is 11.6 Å². The van der Waals surface area contributed by atoms with Crippen LogP contribution in [0, 0.1) is 5.82 Å². The van der Waals surface area contributed by atoms with E-state index in [2.05, 4.69) is 31.3 Å². The smallest absolute Gasteiger partial charge is 0.274 e. The Bertz CT molecular complexity index is 749. The van der Waals surface area contributed by atoms with Crippen molar-refractivity contribution < 1.29 is 14.3 Å². The summed E-state index contributed by atoms with van der Waals surface area (Å²) in [5.74, 6) is -1.20. The monoisotopic (exact) mass is 314 g/mol. The average Bonchev–Trinajstić information content (AvgIpc) is 2.48. The number of hydrogen-bond donors (Lipinski definition) is 2. The van der Waals surface area contributed by atoms with Crippen molar-refractivity contribution in [2.75, 3.05) is 0 Å². The predicted octanol–water partition coefficient (Wildman–Crippen LogP) is 3.59. The van der Waals surface area contributed by atoms with Crippen molar-refractivity contribution in [2.45, 2.75) is 26.2 Å². The van der Waals surface area contributed by atoms with Crippen molar-refractivity contribution in [1.29, 1.82) is 0 Å². The lowest BCUT2D eigenvalue weighted by Crippen LogP contribution is -2.19. The molecule has 0 spiro atoms. The summed E-state index contributed by atoms with van der Waals surface area (Å²) in [5, 5.41) is 13.7. The summed E-state index contributed by atoms with van der Waals surface area (Å²) in [6.07, 6.45) is 1.34. The van der Waals surface area contributed by atoms with Crippen molar-refractivity contribution in [3.8, 4) is 5.75 Å². The van der Waals surface area contributed by atoms with Crippen LogP contribution in [0.5, 0.6) is 5.75 Å². The molecular weight excluding hydrogens is 295 g/mol. The number of aromatic hydroxyl groups is 1. The number of rotatable bonds is 3. The summed E-state index contributed by atoms with van der Waals surface area (Å²) in [4.78, 5) is 11.8. The van der Waals surface area contributed by atoms with Gasteiger partial charge >= 0.3 is 0 Å². The lowest BCUT2D eigenvalue weighted by molar-refractivity contribution is 0.0951. The number of halogens is 1. The topological polar surface area (TPSA) is 61.7 Å². The van der Waals surface area contributed by atoms with E-state index in [1.54, 1.807) is 18.2 Å². The molecule has 120 valence electrons.